The number of carbonyl (C=O) groups is 2. The summed E-state index contributed by atoms with van der Waals surface area (Å²) >= 11 is 0. The summed E-state index contributed by atoms with van der Waals surface area (Å²) in [6, 6.07) is 0. The first-order valence-corrected chi connectivity index (χ1v) is 5.26. The minimum absolute atomic E-state index is 0.134. The standard InChI is InChI=1S/C11H14F3NO3/c1-2-3-4-5-6-9(16)15(7-10(17)18)8-11(12,13)14/h1H,3-8H2,(H,17,18). The lowest BCUT2D eigenvalue weighted by molar-refractivity contribution is -0.165. The third kappa shape index (κ3) is 8.44. The summed E-state index contributed by atoms with van der Waals surface area (Å²) < 4.78 is 36.4. The maximum atomic E-state index is 12.1. The third-order valence-electron chi connectivity index (χ3n) is 2.01. The second kappa shape index (κ2) is 7.58. The molecule has 4 nitrogen and oxygen atoms in total. The zero-order chi connectivity index (χ0) is 14.2. The van der Waals surface area contributed by atoms with Crippen LogP contribution >= 0.6 is 0 Å². The van der Waals surface area contributed by atoms with Crippen molar-refractivity contribution >= 4 is 11.9 Å². The Balaban J connectivity index is 4.32. The molecule has 0 aliphatic heterocycles. The van der Waals surface area contributed by atoms with Crippen LogP contribution in [0.1, 0.15) is 25.7 Å². The normalized spacial score (nSPS) is 10.8. The summed E-state index contributed by atoms with van der Waals surface area (Å²) in [6.07, 6.45) is 1.54. The van der Waals surface area contributed by atoms with Gasteiger partial charge in [-0.05, 0) is 12.8 Å². The van der Waals surface area contributed by atoms with Gasteiger partial charge in [0.05, 0.1) is 0 Å². The maximum absolute atomic E-state index is 12.1. The average Bonchev–Trinajstić information content (AvgIpc) is 2.20. The highest BCUT2D eigenvalue weighted by Gasteiger charge is 2.33. The van der Waals surface area contributed by atoms with Crippen LogP contribution in [0.4, 0.5) is 13.2 Å². The topological polar surface area (TPSA) is 57.6 Å². The molecule has 7 heteroatoms. The fraction of sp³-hybridized carbons (Fsp3) is 0.636. The van der Waals surface area contributed by atoms with Gasteiger partial charge in [0, 0.05) is 12.8 Å². The number of amides is 1. The van der Waals surface area contributed by atoms with Gasteiger partial charge in [0.2, 0.25) is 5.91 Å². The Bertz CT molecular complexity index is 333. The molecule has 0 aromatic heterocycles. The molecule has 0 spiro atoms. The molecule has 0 saturated carbocycles. The first-order chi connectivity index (χ1) is 8.26. The van der Waals surface area contributed by atoms with Crippen LogP contribution < -0.4 is 0 Å². The zero-order valence-electron chi connectivity index (χ0n) is 9.66. The van der Waals surface area contributed by atoms with E-state index in [1.807, 2.05) is 0 Å². The summed E-state index contributed by atoms with van der Waals surface area (Å²) in [7, 11) is 0. The largest absolute Gasteiger partial charge is 0.480 e. The Morgan fingerprint density at radius 3 is 2.33 bits per heavy atom. The molecule has 0 unspecified atom stereocenters. The Kier molecular flexibility index (Phi) is 6.86. The number of terminal acetylenes is 1. The SMILES string of the molecule is C#CCCCCC(=O)N(CC(=O)O)CC(F)(F)F. The van der Waals surface area contributed by atoms with Gasteiger partial charge in [-0.3, -0.25) is 9.59 Å². The Morgan fingerprint density at radius 1 is 1.28 bits per heavy atom. The predicted octanol–water partition coefficient (Wildman–Crippen LogP) is 1.66. The van der Waals surface area contributed by atoms with E-state index in [1.54, 1.807) is 0 Å². The Morgan fingerprint density at radius 2 is 1.89 bits per heavy atom. The van der Waals surface area contributed by atoms with Crippen molar-refractivity contribution in [2.24, 2.45) is 0 Å². The number of carbonyl (C=O) groups excluding carboxylic acids is 1. The van der Waals surface area contributed by atoms with E-state index in [9.17, 15) is 22.8 Å². The average molecular weight is 265 g/mol. The molecule has 1 N–H and O–H groups in total. The number of aliphatic carboxylic acids is 1. The second-order valence-corrected chi connectivity index (χ2v) is 3.67. The summed E-state index contributed by atoms with van der Waals surface area (Å²) in [5.74, 6) is 0.0393. The van der Waals surface area contributed by atoms with Gasteiger partial charge in [0.25, 0.3) is 0 Å². The van der Waals surface area contributed by atoms with Crippen LogP contribution in [0, 0.1) is 12.3 Å². The molecular formula is C11H14F3NO3. The van der Waals surface area contributed by atoms with E-state index in [-0.39, 0.29) is 11.3 Å². The molecule has 0 aliphatic rings. The van der Waals surface area contributed by atoms with E-state index in [0.29, 0.717) is 19.3 Å². The Hall–Kier alpha value is -1.71. The van der Waals surface area contributed by atoms with Crippen LogP contribution in [0.25, 0.3) is 0 Å². The highest BCUT2D eigenvalue weighted by Crippen LogP contribution is 2.17. The van der Waals surface area contributed by atoms with Crippen molar-refractivity contribution in [2.45, 2.75) is 31.9 Å². The van der Waals surface area contributed by atoms with Crippen molar-refractivity contribution in [3.05, 3.63) is 0 Å². The smallest absolute Gasteiger partial charge is 0.406 e. The summed E-state index contributed by atoms with van der Waals surface area (Å²) in [5, 5.41) is 8.45. The fourth-order valence-corrected chi connectivity index (χ4v) is 1.27. The monoisotopic (exact) mass is 265 g/mol. The lowest BCUT2D eigenvalue weighted by Gasteiger charge is -2.22. The highest BCUT2D eigenvalue weighted by molar-refractivity contribution is 5.81. The number of rotatable bonds is 7. The minimum Gasteiger partial charge on any atom is -0.480 e. The molecular weight excluding hydrogens is 251 g/mol. The molecule has 0 heterocycles. The van der Waals surface area contributed by atoms with Gasteiger partial charge in [-0.15, -0.1) is 12.3 Å². The van der Waals surface area contributed by atoms with Crippen LogP contribution in [0.3, 0.4) is 0 Å². The zero-order valence-corrected chi connectivity index (χ0v) is 9.66. The van der Waals surface area contributed by atoms with Gasteiger partial charge in [-0.2, -0.15) is 13.2 Å². The van der Waals surface area contributed by atoms with Crippen LogP contribution in [0.15, 0.2) is 0 Å². The lowest BCUT2D eigenvalue weighted by Crippen LogP contribution is -2.41. The number of carboxylic acids is 1. The van der Waals surface area contributed by atoms with Gasteiger partial charge in [0.15, 0.2) is 0 Å². The quantitative estimate of drug-likeness (QED) is 0.562. The molecule has 0 aromatic carbocycles. The number of unbranched alkanes of at least 4 members (excludes halogenated alkanes) is 2. The summed E-state index contributed by atoms with van der Waals surface area (Å²) in [5.41, 5.74) is 0. The molecule has 0 aromatic rings. The molecule has 0 bridgehead atoms. The van der Waals surface area contributed by atoms with E-state index in [2.05, 4.69) is 5.92 Å². The van der Waals surface area contributed by atoms with Gasteiger partial charge in [0.1, 0.15) is 13.1 Å². The molecule has 102 valence electrons. The van der Waals surface area contributed by atoms with Crippen molar-refractivity contribution in [3.8, 4) is 12.3 Å². The molecule has 1 amide bonds. The van der Waals surface area contributed by atoms with Gasteiger partial charge < -0.3 is 10.0 Å². The molecule has 18 heavy (non-hydrogen) atoms. The molecule has 0 atom stereocenters. The maximum Gasteiger partial charge on any atom is 0.406 e. The van der Waals surface area contributed by atoms with E-state index in [4.69, 9.17) is 11.5 Å². The predicted molar refractivity (Wildman–Crippen MR) is 57.6 cm³/mol. The number of hydrogen-bond acceptors (Lipinski definition) is 2. The Labute approximate surface area is 103 Å². The van der Waals surface area contributed by atoms with Crippen molar-refractivity contribution in [1.82, 2.24) is 4.90 Å². The molecule has 0 aliphatic carbocycles. The minimum atomic E-state index is -4.61. The van der Waals surface area contributed by atoms with Crippen molar-refractivity contribution in [1.29, 1.82) is 0 Å². The van der Waals surface area contributed by atoms with Crippen molar-refractivity contribution in [2.75, 3.05) is 13.1 Å². The summed E-state index contributed by atoms with van der Waals surface area (Å²) in [4.78, 5) is 22.1. The van der Waals surface area contributed by atoms with E-state index in [0.717, 1.165) is 0 Å². The van der Waals surface area contributed by atoms with E-state index < -0.39 is 31.1 Å². The summed E-state index contributed by atoms with van der Waals surface area (Å²) in [6.45, 7) is -2.50. The van der Waals surface area contributed by atoms with Gasteiger partial charge in [-0.1, -0.05) is 0 Å². The van der Waals surface area contributed by atoms with Crippen LogP contribution in [0.5, 0.6) is 0 Å². The fourth-order valence-electron chi connectivity index (χ4n) is 1.27. The first-order valence-electron chi connectivity index (χ1n) is 5.26. The number of alkyl halides is 3. The number of hydrogen-bond donors (Lipinski definition) is 1. The van der Waals surface area contributed by atoms with Crippen LogP contribution in [-0.4, -0.2) is 41.1 Å². The van der Waals surface area contributed by atoms with Crippen LogP contribution in [0.2, 0.25) is 0 Å². The molecule has 0 saturated heterocycles. The number of halogens is 3. The number of nitrogens with zero attached hydrogens (tertiary/aromatic N) is 1. The molecule has 0 radical (unpaired) electrons. The van der Waals surface area contributed by atoms with Gasteiger partial charge >= 0.3 is 12.1 Å². The first kappa shape index (κ1) is 16.3. The van der Waals surface area contributed by atoms with Crippen molar-refractivity contribution in [3.63, 3.8) is 0 Å². The molecule has 0 fully saturated rings. The van der Waals surface area contributed by atoms with Crippen LogP contribution in [-0.2, 0) is 9.59 Å². The highest BCUT2D eigenvalue weighted by atomic mass is 19.4. The third-order valence-corrected chi connectivity index (χ3v) is 2.01. The number of carboxylic acid groups (broad SMARTS) is 1. The lowest BCUT2D eigenvalue weighted by atomic mass is 10.2. The second-order valence-electron chi connectivity index (χ2n) is 3.67. The van der Waals surface area contributed by atoms with Crippen molar-refractivity contribution < 1.29 is 27.9 Å². The van der Waals surface area contributed by atoms with Gasteiger partial charge in [-0.25, -0.2) is 0 Å². The van der Waals surface area contributed by atoms with E-state index in [1.165, 1.54) is 0 Å². The van der Waals surface area contributed by atoms with E-state index >= 15 is 0 Å². The molecule has 0 rings (SSSR count).